The average Bonchev–Trinajstić information content (AvgIpc) is 2.79. The van der Waals surface area contributed by atoms with Crippen LogP contribution in [0.1, 0.15) is 17.3 Å². The second kappa shape index (κ2) is 6.05. The topological polar surface area (TPSA) is 85.5 Å². The van der Waals surface area contributed by atoms with Gasteiger partial charge in [-0.15, -0.1) is 0 Å². The van der Waals surface area contributed by atoms with Gasteiger partial charge in [0.1, 0.15) is 19.0 Å². The maximum absolute atomic E-state index is 12.7. The molecule has 1 N–H and O–H groups in total. The van der Waals surface area contributed by atoms with Gasteiger partial charge in [0.2, 0.25) is 0 Å². The van der Waals surface area contributed by atoms with E-state index in [4.69, 9.17) is 14.4 Å². The number of ether oxygens (including phenoxy) is 1. The van der Waals surface area contributed by atoms with E-state index in [2.05, 4.69) is 10.1 Å². The standard InChI is InChI=1S/C12H11FN2O4/c13-9-3-1-8(2-4-9)5-10-14-11(19-15-10)6-18-7-12(16)17/h1-4H,5-7H2,(H,16,17). The predicted molar refractivity (Wildman–Crippen MR) is 60.8 cm³/mol. The first-order valence-corrected chi connectivity index (χ1v) is 5.49. The third kappa shape index (κ3) is 4.14. The molecule has 0 aliphatic heterocycles. The van der Waals surface area contributed by atoms with Gasteiger partial charge < -0.3 is 14.4 Å². The summed E-state index contributed by atoms with van der Waals surface area (Å²) in [5.41, 5.74) is 0.847. The fraction of sp³-hybridized carbons (Fsp3) is 0.250. The summed E-state index contributed by atoms with van der Waals surface area (Å²) in [6.07, 6.45) is 0.405. The number of benzene rings is 1. The molecule has 1 aromatic heterocycles. The highest BCUT2D eigenvalue weighted by molar-refractivity contribution is 5.67. The lowest BCUT2D eigenvalue weighted by Gasteiger charge is -1.96. The molecule has 19 heavy (non-hydrogen) atoms. The number of halogens is 1. The summed E-state index contributed by atoms with van der Waals surface area (Å²) >= 11 is 0. The van der Waals surface area contributed by atoms with Crippen LogP contribution in [0.25, 0.3) is 0 Å². The van der Waals surface area contributed by atoms with E-state index in [9.17, 15) is 9.18 Å². The van der Waals surface area contributed by atoms with Crippen LogP contribution < -0.4 is 0 Å². The highest BCUT2D eigenvalue weighted by atomic mass is 19.1. The second-order valence-electron chi connectivity index (χ2n) is 3.79. The Balaban J connectivity index is 1.90. The fourth-order valence-corrected chi connectivity index (χ4v) is 1.43. The zero-order valence-corrected chi connectivity index (χ0v) is 9.88. The van der Waals surface area contributed by atoms with E-state index in [0.717, 1.165) is 5.56 Å². The van der Waals surface area contributed by atoms with Crippen molar-refractivity contribution in [2.75, 3.05) is 6.61 Å². The molecule has 0 aliphatic rings. The van der Waals surface area contributed by atoms with E-state index >= 15 is 0 Å². The van der Waals surface area contributed by atoms with Crippen molar-refractivity contribution < 1.29 is 23.6 Å². The van der Waals surface area contributed by atoms with E-state index in [0.29, 0.717) is 12.2 Å². The first-order valence-electron chi connectivity index (χ1n) is 5.49. The van der Waals surface area contributed by atoms with Crippen molar-refractivity contribution >= 4 is 5.97 Å². The van der Waals surface area contributed by atoms with E-state index in [-0.39, 0.29) is 18.3 Å². The summed E-state index contributed by atoms with van der Waals surface area (Å²) in [5, 5.41) is 12.1. The van der Waals surface area contributed by atoms with Gasteiger partial charge in [-0.1, -0.05) is 17.3 Å². The minimum atomic E-state index is -1.06. The maximum Gasteiger partial charge on any atom is 0.329 e. The average molecular weight is 266 g/mol. The molecule has 7 heteroatoms. The lowest BCUT2D eigenvalue weighted by molar-refractivity contribution is -0.142. The number of aromatic nitrogens is 2. The number of nitrogens with zero attached hydrogens (tertiary/aromatic N) is 2. The Bertz CT molecular complexity index is 553. The van der Waals surface area contributed by atoms with Crippen LogP contribution in [0, 0.1) is 5.82 Å². The molecule has 1 aromatic carbocycles. The molecule has 0 amide bonds. The minimum absolute atomic E-state index is 0.0529. The summed E-state index contributed by atoms with van der Waals surface area (Å²) in [7, 11) is 0. The molecular formula is C12H11FN2O4. The van der Waals surface area contributed by atoms with Crippen molar-refractivity contribution in [2.45, 2.75) is 13.0 Å². The molecule has 0 saturated heterocycles. The molecule has 0 radical (unpaired) electrons. The van der Waals surface area contributed by atoms with Crippen molar-refractivity contribution in [2.24, 2.45) is 0 Å². The van der Waals surface area contributed by atoms with E-state index in [1.807, 2.05) is 0 Å². The van der Waals surface area contributed by atoms with E-state index < -0.39 is 12.6 Å². The van der Waals surface area contributed by atoms with Crippen molar-refractivity contribution in [3.05, 3.63) is 47.4 Å². The molecule has 0 unspecified atom stereocenters. The van der Waals surface area contributed by atoms with Crippen molar-refractivity contribution in [1.29, 1.82) is 0 Å². The molecule has 100 valence electrons. The summed E-state index contributed by atoms with van der Waals surface area (Å²) in [4.78, 5) is 14.3. The Hall–Kier alpha value is -2.28. The van der Waals surface area contributed by atoms with Crippen LogP contribution in [0.2, 0.25) is 0 Å². The van der Waals surface area contributed by atoms with Gasteiger partial charge >= 0.3 is 5.97 Å². The van der Waals surface area contributed by atoms with Gasteiger partial charge in [-0.05, 0) is 17.7 Å². The van der Waals surface area contributed by atoms with Crippen molar-refractivity contribution in [1.82, 2.24) is 10.1 Å². The van der Waals surface area contributed by atoms with Crippen LogP contribution in [0.15, 0.2) is 28.8 Å². The first-order chi connectivity index (χ1) is 9.13. The molecule has 0 saturated carbocycles. The molecule has 0 atom stereocenters. The third-order valence-corrected chi connectivity index (χ3v) is 2.24. The zero-order valence-electron chi connectivity index (χ0n) is 9.88. The quantitative estimate of drug-likeness (QED) is 0.850. The smallest absolute Gasteiger partial charge is 0.329 e. The Morgan fingerprint density at radius 3 is 2.79 bits per heavy atom. The van der Waals surface area contributed by atoms with Crippen LogP contribution in [0.5, 0.6) is 0 Å². The number of hydrogen-bond acceptors (Lipinski definition) is 5. The zero-order chi connectivity index (χ0) is 13.7. The molecule has 0 bridgehead atoms. The Morgan fingerprint density at radius 2 is 2.11 bits per heavy atom. The Labute approximate surface area is 107 Å². The number of rotatable bonds is 6. The summed E-state index contributed by atoms with van der Waals surface area (Å²) < 4.78 is 22.4. The summed E-state index contributed by atoms with van der Waals surface area (Å²) in [6, 6.07) is 5.97. The van der Waals surface area contributed by atoms with E-state index in [1.165, 1.54) is 12.1 Å². The normalized spacial score (nSPS) is 10.6. The molecule has 0 aliphatic carbocycles. The summed E-state index contributed by atoms with van der Waals surface area (Å²) in [5.74, 6) is -0.732. The summed E-state index contributed by atoms with van der Waals surface area (Å²) in [6.45, 7) is -0.474. The molecule has 0 spiro atoms. The van der Waals surface area contributed by atoms with Gasteiger partial charge in [-0.2, -0.15) is 4.98 Å². The number of hydrogen-bond donors (Lipinski definition) is 1. The van der Waals surface area contributed by atoms with Crippen molar-refractivity contribution in [3.63, 3.8) is 0 Å². The lowest BCUT2D eigenvalue weighted by atomic mass is 10.1. The fourth-order valence-electron chi connectivity index (χ4n) is 1.43. The number of carboxylic acid groups (broad SMARTS) is 1. The van der Waals surface area contributed by atoms with Crippen LogP contribution in [-0.4, -0.2) is 27.8 Å². The molecule has 2 rings (SSSR count). The van der Waals surface area contributed by atoms with Gasteiger partial charge in [-0.25, -0.2) is 9.18 Å². The molecule has 2 aromatic rings. The Morgan fingerprint density at radius 1 is 1.37 bits per heavy atom. The second-order valence-corrected chi connectivity index (χ2v) is 3.79. The predicted octanol–water partition coefficient (Wildman–Crippen LogP) is 1.40. The monoisotopic (exact) mass is 266 g/mol. The number of aliphatic carboxylic acids is 1. The van der Waals surface area contributed by atoms with Gasteiger partial charge in [0, 0.05) is 6.42 Å². The van der Waals surface area contributed by atoms with E-state index in [1.54, 1.807) is 12.1 Å². The lowest BCUT2D eigenvalue weighted by Crippen LogP contribution is -2.06. The molecule has 6 nitrogen and oxygen atoms in total. The van der Waals surface area contributed by atoms with Crippen LogP contribution in [-0.2, 0) is 22.6 Å². The van der Waals surface area contributed by atoms with Crippen LogP contribution in [0.4, 0.5) is 4.39 Å². The molecular weight excluding hydrogens is 255 g/mol. The molecule has 0 fully saturated rings. The largest absolute Gasteiger partial charge is 0.480 e. The van der Waals surface area contributed by atoms with Crippen LogP contribution in [0.3, 0.4) is 0 Å². The van der Waals surface area contributed by atoms with Gasteiger partial charge in [0.15, 0.2) is 5.82 Å². The Kier molecular flexibility index (Phi) is 4.19. The molecule has 1 heterocycles. The van der Waals surface area contributed by atoms with Gasteiger partial charge in [0.05, 0.1) is 0 Å². The van der Waals surface area contributed by atoms with Crippen LogP contribution >= 0.6 is 0 Å². The van der Waals surface area contributed by atoms with Crippen molar-refractivity contribution in [3.8, 4) is 0 Å². The maximum atomic E-state index is 12.7. The van der Waals surface area contributed by atoms with Gasteiger partial charge in [-0.3, -0.25) is 0 Å². The number of carboxylic acids is 1. The third-order valence-electron chi connectivity index (χ3n) is 2.24. The number of carbonyl (C=O) groups is 1. The van der Waals surface area contributed by atoms with Gasteiger partial charge in [0.25, 0.3) is 5.89 Å². The highest BCUT2D eigenvalue weighted by Gasteiger charge is 2.08. The highest BCUT2D eigenvalue weighted by Crippen LogP contribution is 2.08. The SMILES string of the molecule is O=C(O)COCc1nc(Cc2ccc(F)cc2)no1. The first kappa shape index (κ1) is 13.2. The minimum Gasteiger partial charge on any atom is -0.480 e.